The largest absolute Gasteiger partial charge is 0.481 e. The lowest BCUT2D eigenvalue weighted by molar-refractivity contribution is -0.122. The Labute approximate surface area is 165 Å². The normalized spacial score (nSPS) is 11.5. The Morgan fingerprint density at radius 1 is 0.893 bits per heavy atom. The Kier molecular flexibility index (Phi) is 5.90. The average Bonchev–Trinajstić information content (AvgIpc) is 2.71. The van der Waals surface area contributed by atoms with Crippen LogP contribution in [0.2, 0.25) is 0 Å². The second-order valence-corrected chi connectivity index (χ2v) is 6.76. The van der Waals surface area contributed by atoms with Crippen LogP contribution in [0, 0.1) is 13.8 Å². The van der Waals surface area contributed by atoms with Gasteiger partial charge in [0.25, 0.3) is 5.91 Å². The van der Waals surface area contributed by atoms with Crippen molar-refractivity contribution in [3.05, 3.63) is 95.1 Å². The van der Waals surface area contributed by atoms with E-state index >= 15 is 0 Å². The van der Waals surface area contributed by atoms with Crippen LogP contribution in [0.25, 0.3) is 0 Å². The monoisotopic (exact) mass is 373 g/mol. The van der Waals surface area contributed by atoms with E-state index in [4.69, 9.17) is 4.74 Å². The summed E-state index contributed by atoms with van der Waals surface area (Å²) >= 11 is 0. The zero-order chi connectivity index (χ0) is 20.1. The molecule has 0 aliphatic carbocycles. The van der Waals surface area contributed by atoms with Crippen LogP contribution in [-0.4, -0.2) is 17.8 Å². The van der Waals surface area contributed by atoms with Gasteiger partial charge in [-0.1, -0.05) is 54.6 Å². The molecule has 3 aromatic rings. The highest BCUT2D eigenvalue weighted by molar-refractivity contribution is 6.14. The molecular weight excluding hydrogens is 350 g/mol. The van der Waals surface area contributed by atoms with E-state index in [-0.39, 0.29) is 11.7 Å². The topological polar surface area (TPSA) is 55.4 Å². The minimum Gasteiger partial charge on any atom is -0.481 e. The third-order valence-electron chi connectivity index (χ3n) is 4.48. The van der Waals surface area contributed by atoms with Gasteiger partial charge in [0.05, 0.1) is 5.69 Å². The van der Waals surface area contributed by atoms with Gasteiger partial charge in [0.15, 0.2) is 11.9 Å². The smallest absolute Gasteiger partial charge is 0.265 e. The molecule has 142 valence electrons. The number of nitrogens with one attached hydrogen (secondary N) is 1. The molecule has 0 heterocycles. The number of ether oxygens (including phenoxy) is 1. The van der Waals surface area contributed by atoms with Crippen LogP contribution in [0.5, 0.6) is 5.75 Å². The first-order valence-corrected chi connectivity index (χ1v) is 9.19. The number of rotatable bonds is 6. The SMILES string of the molecule is Cc1ccc(C)c(O[C@@H](C)C(=O)Nc2ccccc2C(=O)c2ccccc2)c1. The van der Waals surface area contributed by atoms with Gasteiger partial charge in [0, 0.05) is 11.1 Å². The molecule has 1 N–H and O–H groups in total. The van der Waals surface area contributed by atoms with Crippen molar-refractivity contribution in [2.45, 2.75) is 26.9 Å². The third kappa shape index (κ3) is 4.46. The lowest BCUT2D eigenvalue weighted by Gasteiger charge is -2.18. The van der Waals surface area contributed by atoms with Gasteiger partial charge in [0.1, 0.15) is 5.75 Å². The number of hydrogen-bond acceptors (Lipinski definition) is 3. The van der Waals surface area contributed by atoms with E-state index in [1.54, 1.807) is 43.3 Å². The van der Waals surface area contributed by atoms with E-state index in [2.05, 4.69) is 5.32 Å². The molecule has 0 saturated heterocycles. The second kappa shape index (κ2) is 8.53. The standard InChI is InChI=1S/C24H23NO3/c1-16-13-14-17(2)22(15-16)28-18(3)24(27)25-21-12-8-7-11-20(21)23(26)19-9-5-4-6-10-19/h4-15,18H,1-3H3,(H,25,27)/t18-/m0/s1. The Bertz CT molecular complexity index is 996. The molecule has 1 atom stereocenters. The van der Waals surface area contributed by atoms with E-state index in [0.717, 1.165) is 11.1 Å². The lowest BCUT2D eigenvalue weighted by Crippen LogP contribution is -2.31. The molecule has 0 aromatic heterocycles. The summed E-state index contributed by atoms with van der Waals surface area (Å²) in [5.41, 5.74) is 3.51. The summed E-state index contributed by atoms with van der Waals surface area (Å²) in [6, 6.07) is 21.9. The maximum Gasteiger partial charge on any atom is 0.265 e. The predicted octanol–water partition coefficient (Wildman–Crippen LogP) is 4.94. The summed E-state index contributed by atoms with van der Waals surface area (Å²) in [5, 5.41) is 2.83. The first-order valence-electron chi connectivity index (χ1n) is 9.19. The number of hydrogen-bond donors (Lipinski definition) is 1. The van der Waals surface area contributed by atoms with Crippen molar-refractivity contribution < 1.29 is 14.3 Å². The van der Waals surface area contributed by atoms with Crippen LogP contribution in [0.3, 0.4) is 0 Å². The Balaban J connectivity index is 1.77. The van der Waals surface area contributed by atoms with Gasteiger partial charge >= 0.3 is 0 Å². The summed E-state index contributed by atoms with van der Waals surface area (Å²) in [6.45, 7) is 5.61. The number of amides is 1. The zero-order valence-electron chi connectivity index (χ0n) is 16.2. The highest BCUT2D eigenvalue weighted by Crippen LogP contribution is 2.22. The van der Waals surface area contributed by atoms with Crippen LogP contribution in [0.4, 0.5) is 5.69 Å². The molecular formula is C24H23NO3. The zero-order valence-corrected chi connectivity index (χ0v) is 16.2. The Hall–Kier alpha value is -3.40. The molecule has 0 spiro atoms. The second-order valence-electron chi connectivity index (χ2n) is 6.76. The van der Waals surface area contributed by atoms with Crippen molar-refractivity contribution in [2.24, 2.45) is 0 Å². The summed E-state index contributed by atoms with van der Waals surface area (Å²) in [7, 11) is 0. The van der Waals surface area contributed by atoms with Gasteiger partial charge < -0.3 is 10.1 Å². The van der Waals surface area contributed by atoms with Crippen LogP contribution < -0.4 is 10.1 Å². The molecule has 4 heteroatoms. The summed E-state index contributed by atoms with van der Waals surface area (Å²) < 4.78 is 5.85. The Morgan fingerprint density at radius 3 is 2.32 bits per heavy atom. The molecule has 1 amide bonds. The first-order chi connectivity index (χ1) is 13.5. The maximum absolute atomic E-state index is 12.8. The predicted molar refractivity (Wildman–Crippen MR) is 111 cm³/mol. The number of aryl methyl sites for hydroxylation is 2. The molecule has 0 bridgehead atoms. The van der Waals surface area contributed by atoms with E-state index in [1.807, 2.05) is 50.2 Å². The van der Waals surface area contributed by atoms with Gasteiger partial charge in [0.2, 0.25) is 0 Å². The maximum atomic E-state index is 12.8. The van der Waals surface area contributed by atoms with Crippen molar-refractivity contribution >= 4 is 17.4 Å². The summed E-state index contributed by atoms with van der Waals surface area (Å²) in [6.07, 6.45) is -0.708. The molecule has 0 fully saturated rings. The van der Waals surface area contributed by atoms with E-state index in [0.29, 0.717) is 22.6 Å². The van der Waals surface area contributed by atoms with Crippen molar-refractivity contribution in [1.82, 2.24) is 0 Å². The van der Waals surface area contributed by atoms with Crippen molar-refractivity contribution in [2.75, 3.05) is 5.32 Å². The molecule has 3 aromatic carbocycles. The van der Waals surface area contributed by atoms with E-state index < -0.39 is 6.10 Å². The van der Waals surface area contributed by atoms with Crippen molar-refractivity contribution in [3.8, 4) is 5.75 Å². The third-order valence-corrected chi connectivity index (χ3v) is 4.48. The minimum atomic E-state index is -0.708. The number of carbonyl (C=O) groups is 2. The van der Waals surface area contributed by atoms with Crippen LogP contribution in [0.15, 0.2) is 72.8 Å². The molecule has 0 saturated carbocycles. The van der Waals surface area contributed by atoms with Crippen molar-refractivity contribution in [3.63, 3.8) is 0 Å². The molecule has 0 radical (unpaired) electrons. The number of ketones is 1. The number of carbonyl (C=O) groups excluding carboxylic acids is 2. The summed E-state index contributed by atoms with van der Waals surface area (Å²) in [4.78, 5) is 25.5. The minimum absolute atomic E-state index is 0.139. The molecule has 0 aliphatic heterocycles. The van der Waals surface area contributed by atoms with Gasteiger partial charge in [-0.3, -0.25) is 9.59 Å². The molecule has 28 heavy (non-hydrogen) atoms. The fourth-order valence-electron chi connectivity index (χ4n) is 2.85. The van der Waals surface area contributed by atoms with Gasteiger partial charge in [-0.2, -0.15) is 0 Å². The highest BCUT2D eigenvalue weighted by atomic mass is 16.5. The average molecular weight is 373 g/mol. The van der Waals surface area contributed by atoms with Crippen LogP contribution in [0.1, 0.15) is 34.0 Å². The fourth-order valence-corrected chi connectivity index (χ4v) is 2.85. The number of anilines is 1. The quantitative estimate of drug-likeness (QED) is 0.623. The fraction of sp³-hybridized carbons (Fsp3) is 0.167. The van der Waals surface area contributed by atoms with E-state index in [1.165, 1.54) is 0 Å². The summed E-state index contributed by atoms with van der Waals surface area (Å²) in [5.74, 6) is 0.227. The number of benzene rings is 3. The Morgan fingerprint density at radius 2 is 1.57 bits per heavy atom. The highest BCUT2D eigenvalue weighted by Gasteiger charge is 2.19. The molecule has 3 rings (SSSR count). The molecule has 0 aliphatic rings. The molecule has 4 nitrogen and oxygen atoms in total. The molecule has 0 unspecified atom stereocenters. The number of para-hydroxylation sites is 1. The van der Waals surface area contributed by atoms with Gasteiger partial charge in [-0.15, -0.1) is 0 Å². The van der Waals surface area contributed by atoms with Gasteiger partial charge in [-0.25, -0.2) is 0 Å². The van der Waals surface area contributed by atoms with Crippen LogP contribution >= 0.6 is 0 Å². The lowest BCUT2D eigenvalue weighted by atomic mass is 10.0. The van der Waals surface area contributed by atoms with Gasteiger partial charge in [-0.05, 0) is 50.1 Å². The first kappa shape index (κ1) is 19.4. The van der Waals surface area contributed by atoms with Crippen molar-refractivity contribution in [1.29, 1.82) is 0 Å². The van der Waals surface area contributed by atoms with E-state index in [9.17, 15) is 9.59 Å². The van der Waals surface area contributed by atoms with Crippen LogP contribution in [-0.2, 0) is 4.79 Å².